The predicted octanol–water partition coefficient (Wildman–Crippen LogP) is 2.31. The quantitative estimate of drug-likeness (QED) is 0.643. The third-order valence-electron chi connectivity index (χ3n) is 1.90. The molecule has 0 bridgehead atoms. The van der Waals surface area contributed by atoms with Crippen LogP contribution in [-0.2, 0) is 6.54 Å². The number of nitrogens with zero attached hydrogens (tertiary/aromatic N) is 2. The number of rotatable bonds is 3. The van der Waals surface area contributed by atoms with Gasteiger partial charge in [0, 0.05) is 23.2 Å². The molecule has 0 saturated heterocycles. The van der Waals surface area contributed by atoms with E-state index < -0.39 is 0 Å². The van der Waals surface area contributed by atoms with Gasteiger partial charge in [-0.3, -0.25) is 0 Å². The molecule has 96 valence electrons. The van der Waals surface area contributed by atoms with Crippen LogP contribution in [0.25, 0.3) is 0 Å². The Labute approximate surface area is 108 Å². The zero-order valence-electron chi connectivity index (χ0n) is 11.3. The highest BCUT2D eigenvalue weighted by Gasteiger charge is 2.11. The second kappa shape index (κ2) is 6.00. The van der Waals surface area contributed by atoms with E-state index in [-0.39, 0.29) is 5.54 Å². The third-order valence-corrected chi connectivity index (χ3v) is 2.80. The van der Waals surface area contributed by atoms with Crippen molar-refractivity contribution in [1.29, 1.82) is 0 Å². The van der Waals surface area contributed by atoms with Gasteiger partial charge in [0.1, 0.15) is 0 Å². The van der Waals surface area contributed by atoms with Crippen molar-refractivity contribution < 1.29 is 0 Å². The molecule has 0 saturated carbocycles. The first kappa shape index (κ1) is 14.0. The number of aliphatic imine (C=N–C) groups is 1. The van der Waals surface area contributed by atoms with E-state index in [2.05, 4.69) is 48.3 Å². The molecule has 4 nitrogen and oxygen atoms in total. The topological polar surface area (TPSA) is 49.3 Å². The molecule has 2 N–H and O–H groups in total. The van der Waals surface area contributed by atoms with Gasteiger partial charge in [-0.15, -0.1) is 11.3 Å². The van der Waals surface area contributed by atoms with E-state index in [0.29, 0.717) is 6.54 Å². The van der Waals surface area contributed by atoms with Gasteiger partial charge in [-0.05, 0) is 34.6 Å². The Kier molecular flexibility index (Phi) is 4.93. The van der Waals surface area contributed by atoms with Gasteiger partial charge in [0.05, 0.1) is 11.6 Å². The maximum absolute atomic E-state index is 4.55. The minimum atomic E-state index is 0.0185. The van der Waals surface area contributed by atoms with Crippen LogP contribution in [0.3, 0.4) is 0 Å². The lowest BCUT2D eigenvalue weighted by Gasteiger charge is -2.23. The third kappa shape index (κ3) is 5.68. The largest absolute Gasteiger partial charge is 0.357 e. The van der Waals surface area contributed by atoms with Crippen LogP contribution in [0.15, 0.2) is 11.2 Å². The maximum atomic E-state index is 4.55. The molecule has 0 radical (unpaired) electrons. The fourth-order valence-electron chi connectivity index (χ4n) is 1.30. The molecule has 1 rings (SSSR count). The van der Waals surface area contributed by atoms with Crippen LogP contribution in [0.5, 0.6) is 0 Å². The zero-order chi connectivity index (χ0) is 12.9. The summed E-state index contributed by atoms with van der Waals surface area (Å²) in [5, 5.41) is 7.68. The lowest BCUT2D eigenvalue weighted by molar-refractivity contribution is 0.501. The normalized spacial score (nSPS) is 12.6. The SMILES string of the molecule is CCNC(=NCc1cnc(C)s1)NC(C)(C)C. The average molecular weight is 254 g/mol. The highest BCUT2D eigenvalue weighted by atomic mass is 32.1. The molecule has 0 spiro atoms. The molecule has 1 aromatic heterocycles. The highest BCUT2D eigenvalue weighted by molar-refractivity contribution is 7.11. The number of aryl methyl sites for hydroxylation is 1. The summed E-state index contributed by atoms with van der Waals surface area (Å²) in [4.78, 5) is 9.96. The van der Waals surface area contributed by atoms with Crippen LogP contribution >= 0.6 is 11.3 Å². The summed E-state index contributed by atoms with van der Waals surface area (Å²) < 4.78 is 0. The molecule has 5 heteroatoms. The Hall–Kier alpha value is -1.10. The fraction of sp³-hybridized carbons (Fsp3) is 0.667. The Morgan fingerprint density at radius 2 is 2.18 bits per heavy atom. The van der Waals surface area contributed by atoms with Gasteiger partial charge < -0.3 is 10.6 Å². The summed E-state index contributed by atoms with van der Waals surface area (Å²) in [7, 11) is 0. The van der Waals surface area contributed by atoms with Crippen molar-refractivity contribution in [2.45, 2.75) is 46.7 Å². The molecule has 17 heavy (non-hydrogen) atoms. The van der Waals surface area contributed by atoms with Crippen LogP contribution < -0.4 is 10.6 Å². The minimum absolute atomic E-state index is 0.0185. The van der Waals surface area contributed by atoms with Gasteiger partial charge in [-0.2, -0.15) is 0 Å². The summed E-state index contributed by atoms with van der Waals surface area (Å²) >= 11 is 1.69. The zero-order valence-corrected chi connectivity index (χ0v) is 12.1. The van der Waals surface area contributed by atoms with E-state index in [0.717, 1.165) is 17.5 Å². The fourth-order valence-corrected chi connectivity index (χ4v) is 2.02. The van der Waals surface area contributed by atoms with Gasteiger partial charge in [0.25, 0.3) is 0 Å². The summed E-state index contributed by atoms with van der Waals surface area (Å²) in [5.41, 5.74) is 0.0185. The summed E-state index contributed by atoms with van der Waals surface area (Å²) in [6.07, 6.45) is 1.89. The van der Waals surface area contributed by atoms with Crippen LogP contribution in [0.1, 0.15) is 37.6 Å². The first-order chi connectivity index (χ1) is 7.90. The van der Waals surface area contributed by atoms with Crippen LogP contribution in [0, 0.1) is 6.92 Å². The number of guanidine groups is 1. The lowest BCUT2D eigenvalue weighted by atomic mass is 10.1. The predicted molar refractivity (Wildman–Crippen MR) is 74.6 cm³/mol. The minimum Gasteiger partial charge on any atom is -0.357 e. The Balaban J connectivity index is 2.63. The van der Waals surface area contributed by atoms with Crippen molar-refractivity contribution in [3.63, 3.8) is 0 Å². The highest BCUT2D eigenvalue weighted by Crippen LogP contribution is 2.12. The van der Waals surface area contributed by atoms with E-state index in [1.807, 2.05) is 13.1 Å². The van der Waals surface area contributed by atoms with Crippen molar-refractivity contribution in [2.24, 2.45) is 4.99 Å². The van der Waals surface area contributed by atoms with E-state index >= 15 is 0 Å². The Morgan fingerprint density at radius 1 is 1.47 bits per heavy atom. The molecular weight excluding hydrogens is 232 g/mol. The molecule has 0 aromatic carbocycles. The molecular formula is C12H22N4S. The molecule has 0 aliphatic carbocycles. The summed E-state index contributed by atoms with van der Waals surface area (Å²) in [5.74, 6) is 0.853. The second-order valence-corrected chi connectivity index (χ2v) is 6.24. The standard InChI is InChI=1S/C12H22N4S/c1-6-13-11(16-12(3,4)5)15-8-10-7-14-9(2)17-10/h7H,6,8H2,1-5H3,(H2,13,15,16). The summed E-state index contributed by atoms with van der Waals surface area (Å²) in [6, 6.07) is 0. The molecule has 0 fully saturated rings. The maximum Gasteiger partial charge on any atom is 0.192 e. The van der Waals surface area contributed by atoms with Crippen molar-refractivity contribution in [3.05, 3.63) is 16.1 Å². The first-order valence-electron chi connectivity index (χ1n) is 5.88. The molecule has 0 amide bonds. The monoisotopic (exact) mass is 254 g/mol. The van der Waals surface area contributed by atoms with E-state index in [4.69, 9.17) is 0 Å². The number of aromatic nitrogens is 1. The van der Waals surface area contributed by atoms with Gasteiger partial charge in [0.15, 0.2) is 5.96 Å². The van der Waals surface area contributed by atoms with Crippen molar-refractivity contribution in [1.82, 2.24) is 15.6 Å². The number of thiazole rings is 1. The number of hydrogen-bond donors (Lipinski definition) is 2. The van der Waals surface area contributed by atoms with Gasteiger partial charge in [-0.1, -0.05) is 0 Å². The molecule has 1 heterocycles. The summed E-state index contributed by atoms with van der Waals surface area (Å²) in [6.45, 7) is 12.0. The lowest BCUT2D eigenvalue weighted by Crippen LogP contribution is -2.47. The van der Waals surface area contributed by atoms with Crippen LogP contribution in [-0.4, -0.2) is 23.0 Å². The van der Waals surface area contributed by atoms with Crippen LogP contribution in [0.4, 0.5) is 0 Å². The van der Waals surface area contributed by atoms with Gasteiger partial charge in [-0.25, -0.2) is 9.98 Å². The first-order valence-corrected chi connectivity index (χ1v) is 6.70. The Morgan fingerprint density at radius 3 is 2.65 bits per heavy atom. The second-order valence-electron chi connectivity index (χ2n) is 4.92. The van der Waals surface area contributed by atoms with Crippen molar-refractivity contribution >= 4 is 17.3 Å². The van der Waals surface area contributed by atoms with Crippen LogP contribution in [0.2, 0.25) is 0 Å². The van der Waals surface area contributed by atoms with Gasteiger partial charge in [0.2, 0.25) is 0 Å². The average Bonchev–Trinajstić information content (AvgIpc) is 2.59. The Bertz CT molecular complexity index is 376. The molecule has 0 unspecified atom stereocenters. The van der Waals surface area contributed by atoms with E-state index in [1.165, 1.54) is 4.88 Å². The smallest absolute Gasteiger partial charge is 0.192 e. The molecule has 0 aliphatic rings. The van der Waals surface area contributed by atoms with E-state index in [9.17, 15) is 0 Å². The molecule has 1 aromatic rings. The number of nitrogens with one attached hydrogen (secondary N) is 2. The van der Waals surface area contributed by atoms with E-state index in [1.54, 1.807) is 11.3 Å². The van der Waals surface area contributed by atoms with Crippen molar-refractivity contribution in [2.75, 3.05) is 6.54 Å². The molecule has 0 atom stereocenters. The van der Waals surface area contributed by atoms with Gasteiger partial charge >= 0.3 is 0 Å². The molecule has 0 aliphatic heterocycles. The van der Waals surface area contributed by atoms with Crippen molar-refractivity contribution in [3.8, 4) is 0 Å². The number of hydrogen-bond acceptors (Lipinski definition) is 3.